The van der Waals surface area contributed by atoms with Crippen LogP contribution in [0.1, 0.15) is 43.6 Å². The maximum Gasteiger partial charge on any atom is 0.161 e. The van der Waals surface area contributed by atoms with Crippen LogP contribution in [-0.2, 0) is 0 Å². The van der Waals surface area contributed by atoms with E-state index in [1.807, 2.05) is 0 Å². The van der Waals surface area contributed by atoms with Gasteiger partial charge in [0.1, 0.15) is 0 Å². The van der Waals surface area contributed by atoms with Crippen molar-refractivity contribution in [3.8, 4) is 11.5 Å². The van der Waals surface area contributed by atoms with Crippen LogP contribution in [0.15, 0.2) is 18.2 Å². The van der Waals surface area contributed by atoms with Gasteiger partial charge < -0.3 is 14.8 Å². The van der Waals surface area contributed by atoms with Crippen molar-refractivity contribution in [2.45, 2.75) is 44.1 Å². The molecule has 0 aromatic heterocycles. The van der Waals surface area contributed by atoms with Crippen LogP contribution < -0.4 is 14.8 Å². The number of benzene rings is 1. The summed E-state index contributed by atoms with van der Waals surface area (Å²) in [4.78, 5) is 0. The van der Waals surface area contributed by atoms with E-state index in [0.717, 1.165) is 24.6 Å². The number of ether oxygens (including phenoxy) is 2. The minimum Gasteiger partial charge on any atom is -0.493 e. The molecule has 0 unspecified atom stereocenters. The molecular formula is C16H23NO2. The van der Waals surface area contributed by atoms with E-state index in [1.54, 1.807) is 7.11 Å². The zero-order valence-electron chi connectivity index (χ0n) is 11.7. The van der Waals surface area contributed by atoms with E-state index in [4.69, 9.17) is 9.47 Å². The van der Waals surface area contributed by atoms with Gasteiger partial charge in [0, 0.05) is 6.54 Å². The molecule has 3 rings (SSSR count). The van der Waals surface area contributed by atoms with E-state index in [1.165, 1.54) is 37.7 Å². The first-order valence-electron chi connectivity index (χ1n) is 7.42. The molecule has 2 aliphatic rings. The molecule has 1 aliphatic carbocycles. The molecule has 19 heavy (non-hydrogen) atoms. The van der Waals surface area contributed by atoms with Crippen LogP contribution in [-0.4, -0.2) is 26.3 Å². The van der Waals surface area contributed by atoms with Crippen molar-refractivity contribution < 1.29 is 9.47 Å². The lowest BCUT2D eigenvalue weighted by Gasteiger charge is -2.18. The smallest absolute Gasteiger partial charge is 0.161 e. The minimum atomic E-state index is 0.380. The zero-order valence-corrected chi connectivity index (χ0v) is 11.7. The Hall–Kier alpha value is -1.22. The van der Waals surface area contributed by atoms with Crippen molar-refractivity contribution in [3.63, 3.8) is 0 Å². The van der Waals surface area contributed by atoms with Crippen molar-refractivity contribution in [2.24, 2.45) is 0 Å². The van der Waals surface area contributed by atoms with Gasteiger partial charge in [-0.3, -0.25) is 0 Å². The maximum atomic E-state index is 6.15. The summed E-state index contributed by atoms with van der Waals surface area (Å²) >= 11 is 0. The molecule has 2 fully saturated rings. The van der Waals surface area contributed by atoms with Gasteiger partial charge in [-0.05, 0) is 62.3 Å². The first-order valence-corrected chi connectivity index (χ1v) is 7.42. The maximum absolute atomic E-state index is 6.15. The topological polar surface area (TPSA) is 30.5 Å². The summed E-state index contributed by atoms with van der Waals surface area (Å²) in [5, 5.41) is 3.42. The number of nitrogens with one attached hydrogen (secondary N) is 1. The average molecular weight is 261 g/mol. The molecule has 0 amide bonds. The van der Waals surface area contributed by atoms with E-state index in [9.17, 15) is 0 Å². The Labute approximate surface area is 115 Å². The van der Waals surface area contributed by atoms with Crippen molar-refractivity contribution in [1.29, 1.82) is 0 Å². The predicted octanol–water partition coefficient (Wildman–Crippen LogP) is 3.09. The molecule has 0 bridgehead atoms. The highest BCUT2D eigenvalue weighted by Gasteiger charge is 2.21. The highest BCUT2D eigenvalue weighted by molar-refractivity contribution is 5.44. The SMILES string of the molecule is COc1ccc([C@@H]2CCNC2)cc1OC1CCCC1. The van der Waals surface area contributed by atoms with Crippen molar-refractivity contribution in [2.75, 3.05) is 20.2 Å². The van der Waals surface area contributed by atoms with Crippen LogP contribution in [0.25, 0.3) is 0 Å². The molecule has 1 atom stereocenters. The Morgan fingerprint density at radius 3 is 2.63 bits per heavy atom. The van der Waals surface area contributed by atoms with Gasteiger partial charge in [0.15, 0.2) is 11.5 Å². The molecule has 1 saturated heterocycles. The molecule has 1 aromatic rings. The number of hydrogen-bond donors (Lipinski definition) is 1. The number of hydrogen-bond acceptors (Lipinski definition) is 3. The van der Waals surface area contributed by atoms with Crippen LogP contribution in [0, 0.1) is 0 Å². The third-order valence-corrected chi connectivity index (χ3v) is 4.32. The molecule has 104 valence electrons. The largest absolute Gasteiger partial charge is 0.493 e. The lowest BCUT2D eigenvalue weighted by atomic mass is 9.98. The van der Waals surface area contributed by atoms with E-state index in [0.29, 0.717) is 12.0 Å². The van der Waals surface area contributed by atoms with Crippen LogP contribution >= 0.6 is 0 Å². The van der Waals surface area contributed by atoms with E-state index in [2.05, 4.69) is 23.5 Å². The van der Waals surface area contributed by atoms with Crippen molar-refractivity contribution in [1.82, 2.24) is 5.32 Å². The van der Waals surface area contributed by atoms with E-state index < -0.39 is 0 Å². The van der Waals surface area contributed by atoms with Gasteiger partial charge in [0.05, 0.1) is 13.2 Å². The Morgan fingerprint density at radius 2 is 1.95 bits per heavy atom. The van der Waals surface area contributed by atoms with Gasteiger partial charge in [-0.1, -0.05) is 6.07 Å². The van der Waals surface area contributed by atoms with Gasteiger partial charge in [0.2, 0.25) is 0 Å². The second-order valence-electron chi connectivity index (χ2n) is 5.62. The Balaban J connectivity index is 1.79. The Kier molecular flexibility index (Phi) is 3.92. The van der Waals surface area contributed by atoms with Gasteiger partial charge in [-0.15, -0.1) is 0 Å². The molecule has 1 N–H and O–H groups in total. The fourth-order valence-electron chi connectivity index (χ4n) is 3.16. The van der Waals surface area contributed by atoms with Crippen molar-refractivity contribution in [3.05, 3.63) is 23.8 Å². The predicted molar refractivity (Wildman–Crippen MR) is 76.1 cm³/mol. The monoisotopic (exact) mass is 261 g/mol. The number of rotatable bonds is 4. The van der Waals surface area contributed by atoms with E-state index in [-0.39, 0.29) is 0 Å². The first kappa shape index (κ1) is 12.8. The third kappa shape index (κ3) is 2.86. The first-order chi connectivity index (χ1) is 9.36. The van der Waals surface area contributed by atoms with Crippen LogP contribution in [0.5, 0.6) is 11.5 Å². The summed E-state index contributed by atoms with van der Waals surface area (Å²) in [5.41, 5.74) is 1.37. The van der Waals surface area contributed by atoms with Gasteiger partial charge in [0.25, 0.3) is 0 Å². The lowest BCUT2D eigenvalue weighted by Crippen LogP contribution is -2.12. The quantitative estimate of drug-likeness (QED) is 0.903. The highest BCUT2D eigenvalue weighted by atomic mass is 16.5. The summed E-state index contributed by atoms with van der Waals surface area (Å²) in [5.74, 6) is 2.41. The summed E-state index contributed by atoms with van der Waals surface area (Å²) in [6, 6.07) is 6.42. The highest BCUT2D eigenvalue weighted by Crippen LogP contribution is 2.35. The standard InChI is InChI=1S/C16H23NO2/c1-18-15-7-6-12(13-8-9-17-11-13)10-16(15)19-14-4-2-3-5-14/h6-7,10,13-14,17H,2-5,8-9,11H2,1H3/t13-/m1/s1. The third-order valence-electron chi connectivity index (χ3n) is 4.32. The number of methoxy groups -OCH3 is 1. The van der Waals surface area contributed by atoms with Crippen LogP contribution in [0.3, 0.4) is 0 Å². The van der Waals surface area contributed by atoms with Crippen LogP contribution in [0.2, 0.25) is 0 Å². The fourth-order valence-corrected chi connectivity index (χ4v) is 3.16. The summed E-state index contributed by atoms with van der Waals surface area (Å²) in [6.07, 6.45) is 6.54. The van der Waals surface area contributed by atoms with Gasteiger partial charge >= 0.3 is 0 Å². The molecular weight excluding hydrogens is 238 g/mol. The average Bonchev–Trinajstić information content (AvgIpc) is 3.11. The van der Waals surface area contributed by atoms with Crippen molar-refractivity contribution >= 4 is 0 Å². The molecule has 3 heteroatoms. The van der Waals surface area contributed by atoms with Gasteiger partial charge in [-0.25, -0.2) is 0 Å². The summed E-state index contributed by atoms with van der Waals surface area (Å²) < 4.78 is 11.6. The summed E-state index contributed by atoms with van der Waals surface area (Å²) in [7, 11) is 1.72. The lowest BCUT2D eigenvalue weighted by molar-refractivity contribution is 0.200. The molecule has 3 nitrogen and oxygen atoms in total. The fraction of sp³-hybridized carbons (Fsp3) is 0.625. The van der Waals surface area contributed by atoms with Crippen LogP contribution in [0.4, 0.5) is 0 Å². The Bertz CT molecular complexity index is 421. The normalized spacial score (nSPS) is 23.7. The molecule has 0 radical (unpaired) electrons. The van der Waals surface area contributed by atoms with E-state index >= 15 is 0 Å². The zero-order chi connectivity index (χ0) is 13.1. The molecule has 1 aromatic carbocycles. The molecule has 1 heterocycles. The van der Waals surface area contributed by atoms with Gasteiger partial charge in [-0.2, -0.15) is 0 Å². The summed E-state index contributed by atoms with van der Waals surface area (Å²) in [6.45, 7) is 2.20. The Morgan fingerprint density at radius 1 is 1.11 bits per heavy atom. The molecule has 1 saturated carbocycles. The molecule has 1 aliphatic heterocycles. The minimum absolute atomic E-state index is 0.380. The molecule has 0 spiro atoms. The second kappa shape index (κ2) is 5.83. The second-order valence-corrected chi connectivity index (χ2v) is 5.62.